The zero-order valence-electron chi connectivity index (χ0n) is 18.9. The van der Waals surface area contributed by atoms with E-state index in [9.17, 15) is 15.0 Å². The summed E-state index contributed by atoms with van der Waals surface area (Å²) < 4.78 is 0. The van der Waals surface area contributed by atoms with Gasteiger partial charge in [-0.15, -0.1) is 0 Å². The van der Waals surface area contributed by atoms with Crippen LogP contribution in [0.25, 0.3) is 0 Å². The SMILES string of the molecule is CC(CO)(CO)NCCCc1ccc(Cl)c(C(=O)NCC23CCCC(CCC2)C3)c1.[CH2]. The van der Waals surface area contributed by atoms with Gasteiger partial charge >= 0.3 is 0 Å². The Morgan fingerprint density at radius 1 is 1.23 bits per heavy atom. The lowest BCUT2D eigenvalue weighted by Crippen LogP contribution is -2.49. The summed E-state index contributed by atoms with van der Waals surface area (Å²) in [6, 6.07) is 5.67. The summed E-state index contributed by atoms with van der Waals surface area (Å²) >= 11 is 6.35. The molecule has 4 N–H and O–H groups in total. The van der Waals surface area contributed by atoms with Gasteiger partial charge in [-0.25, -0.2) is 0 Å². The second-order valence-electron chi connectivity index (χ2n) is 9.76. The monoisotopic (exact) mass is 450 g/mol. The molecule has 0 spiro atoms. The van der Waals surface area contributed by atoms with E-state index in [0.717, 1.165) is 30.9 Å². The van der Waals surface area contributed by atoms with Crippen molar-refractivity contribution in [1.82, 2.24) is 10.6 Å². The molecule has 1 aromatic carbocycles. The first-order chi connectivity index (χ1) is 14.4. The average molecular weight is 451 g/mol. The number of halogens is 1. The summed E-state index contributed by atoms with van der Waals surface area (Å²) in [6.45, 7) is 2.99. The molecule has 0 unspecified atom stereocenters. The highest BCUT2D eigenvalue weighted by Crippen LogP contribution is 2.48. The van der Waals surface area contributed by atoms with Crippen molar-refractivity contribution in [1.29, 1.82) is 0 Å². The molecular formula is C25H39ClN2O3. The van der Waals surface area contributed by atoms with Crippen LogP contribution in [0.5, 0.6) is 0 Å². The fourth-order valence-electron chi connectivity index (χ4n) is 5.18. The average Bonchev–Trinajstić information content (AvgIpc) is 2.76. The molecule has 1 amide bonds. The first kappa shape index (κ1) is 26.1. The maximum absolute atomic E-state index is 12.9. The summed E-state index contributed by atoms with van der Waals surface area (Å²) in [7, 11) is 0. The molecule has 0 aliphatic heterocycles. The maximum Gasteiger partial charge on any atom is 0.252 e. The molecule has 2 saturated carbocycles. The first-order valence-electron chi connectivity index (χ1n) is 11.4. The summed E-state index contributed by atoms with van der Waals surface area (Å²) in [5, 5.41) is 25.6. The van der Waals surface area contributed by atoms with Gasteiger partial charge in [0.25, 0.3) is 5.91 Å². The summed E-state index contributed by atoms with van der Waals surface area (Å²) in [5.74, 6) is 0.777. The van der Waals surface area contributed by atoms with E-state index in [1.807, 2.05) is 12.1 Å². The van der Waals surface area contributed by atoms with E-state index in [-0.39, 0.29) is 26.5 Å². The highest BCUT2D eigenvalue weighted by atomic mass is 35.5. The van der Waals surface area contributed by atoms with Crippen molar-refractivity contribution >= 4 is 17.5 Å². The Morgan fingerprint density at radius 3 is 2.55 bits per heavy atom. The van der Waals surface area contributed by atoms with Crippen molar-refractivity contribution in [3.05, 3.63) is 41.8 Å². The molecule has 1 aromatic rings. The van der Waals surface area contributed by atoms with Crippen molar-refractivity contribution in [2.75, 3.05) is 26.3 Å². The molecule has 0 saturated heterocycles. The minimum atomic E-state index is -0.665. The molecule has 0 aromatic heterocycles. The number of aliphatic hydroxyl groups excluding tert-OH is 2. The van der Waals surface area contributed by atoms with E-state index in [1.54, 1.807) is 13.0 Å². The van der Waals surface area contributed by atoms with Gasteiger partial charge in [0.05, 0.1) is 29.3 Å². The summed E-state index contributed by atoms with van der Waals surface area (Å²) in [5.41, 5.74) is 1.24. The van der Waals surface area contributed by atoms with Gasteiger partial charge in [0.15, 0.2) is 0 Å². The lowest BCUT2D eigenvalue weighted by molar-refractivity contribution is 0.0681. The zero-order chi connectivity index (χ0) is 21.6. The van der Waals surface area contributed by atoms with E-state index >= 15 is 0 Å². The number of nitrogens with one attached hydrogen (secondary N) is 2. The van der Waals surface area contributed by atoms with Crippen molar-refractivity contribution < 1.29 is 15.0 Å². The van der Waals surface area contributed by atoms with Crippen molar-refractivity contribution in [3.8, 4) is 0 Å². The van der Waals surface area contributed by atoms with Crippen LogP contribution < -0.4 is 10.6 Å². The number of carbonyl (C=O) groups excluding carboxylic acids is 1. The van der Waals surface area contributed by atoms with Gasteiger partial charge < -0.3 is 20.8 Å². The van der Waals surface area contributed by atoms with Crippen LogP contribution in [0, 0.1) is 18.8 Å². The quantitative estimate of drug-likeness (QED) is 0.406. The topological polar surface area (TPSA) is 81.6 Å². The van der Waals surface area contributed by atoms with E-state index in [4.69, 9.17) is 11.6 Å². The third kappa shape index (κ3) is 6.92. The van der Waals surface area contributed by atoms with E-state index < -0.39 is 5.54 Å². The standard InChI is InChI=1S/C24H37ClN2O3.CH2/c1-23(16-28,17-29)27-12-4-7-18-8-9-21(25)20(13-18)22(30)26-15-24-10-2-5-19(14-24)6-3-11-24;/h8-9,13,19,27-29H,2-7,10-12,14-17H2,1H3,(H,26,30);1H2. The Bertz CT molecular complexity index is 711. The van der Waals surface area contributed by atoms with Gasteiger partial charge in [0, 0.05) is 6.54 Å². The van der Waals surface area contributed by atoms with E-state index in [1.165, 1.54) is 44.9 Å². The Labute approximate surface area is 193 Å². The molecule has 174 valence electrons. The van der Waals surface area contributed by atoms with Crippen LogP contribution in [0.4, 0.5) is 0 Å². The number of rotatable bonds is 10. The molecule has 0 heterocycles. The predicted octanol–water partition coefficient (Wildman–Crippen LogP) is 4.02. The van der Waals surface area contributed by atoms with Gasteiger partial charge in [-0.1, -0.05) is 50.8 Å². The third-order valence-electron chi connectivity index (χ3n) is 7.15. The lowest BCUT2D eigenvalue weighted by atomic mass is 9.62. The maximum atomic E-state index is 12.9. The summed E-state index contributed by atoms with van der Waals surface area (Å²) in [6.07, 6.45) is 10.6. The number of hydrogen-bond donors (Lipinski definition) is 4. The van der Waals surface area contributed by atoms with Crippen molar-refractivity contribution in [2.24, 2.45) is 11.3 Å². The lowest BCUT2D eigenvalue weighted by Gasteiger charge is -2.45. The molecule has 5 nitrogen and oxygen atoms in total. The molecule has 2 aliphatic carbocycles. The molecule has 3 rings (SSSR count). The van der Waals surface area contributed by atoms with Crippen LogP contribution >= 0.6 is 11.6 Å². The second-order valence-corrected chi connectivity index (χ2v) is 10.2. The minimum Gasteiger partial charge on any atom is -0.394 e. The van der Waals surface area contributed by atoms with Crippen LogP contribution in [0.2, 0.25) is 5.02 Å². The zero-order valence-corrected chi connectivity index (χ0v) is 19.6. The normalized spacial score (nSPS) is 23.2. The molecule has 2 fully saturated rings. The highest BCUT2D eigenvalue weighted by molar-refractivity contribution is 6.33. The van der Waals surface area contributed by atoms with Gasteiger partial charge in [-0.05, 0) is 74.6 Å². The molecule has 31 heavy (non-hydrogen) atoms. The largest absolute Gasteiger partial charge is 0.394 e. The number of aryl methyl sites for hydroxylation is 1. The van der Waals surface area contributed by atoms with Crippen LogP contribution in [-0.4, -0.2) is 48.0 Å². The number of benzene rings is 1. The smallest absolute Gasteiger partial charge is 0.252 e. The Hall–Kier alpha value is -1.14. The van der Waals surface area contributed by atoms with Crippen molar-refractivity contribution in [2.45, 2.75) is 70.3 Å². The highest BCUT2D eigenvalue weighted by Gasteiger charge is 2.39. The Balaban J connectivity index is 0.00000341. The fourth-order valence-corrected chi connectivity index (χ4v) is 5.38. The molecule has 2 bridgehead atoms. The Morgan fingerprint density at radius 2 is 1.90 bits per heavy atom. The van der Waals surface area contributed by atoms with Gasteiger partial charge in [-0.2, -0.15) is 0 Å². The summed E-state index contributed by atoms with van der Waals surface area (Å²) in [4.78, 5) is 12.9. The number of hydrogen-bond acceptors (Lipinski definition) is 4. The van der Waals surface area contributed by atoms with Crippen LogP contribution in [0.15, 0.2) is 18.2 Å². The fraction of sp³-hybridized carbons (Fsp3) is 0.680. The minimum absolute atomic E-state index is 0. The number of aliphatic hydroxyl groups is 2. The first-order valence-corrected chi connectivity index (χ1v) is 11.8. The van der Waals surface area contributed by atoms with Gasteiger partial charge in [-0.3, -0.25) is 4.79 Å². The predicted molar refractivity (Wildman–Crippen MR) is 126 cm³/mol. The van der Waals surface area contributed by atoms with Crippen LogP contribution in [-0.2, 0) is 6.42 Å². The number of carbonyl (C=O) groups is 1. The van der Waals surface area contributed by atoms with Gasteiger partial charge in [0.2, 0.25) is 0 Å². The van der Waals surface area contributed by atoms with Crippen LogP contribution in [0.1, 0.15) is 74.2 Å². The number of amides is 1. The van der Waals surface area contributed by atoms with Gasteiger partial charge in [0.1, 0.15) is 0 Å². The molecular weight excluding hydrogens is 412 g/mol. The van der Waals surface area contributed by atoms with Crippen LogP contribution in [0.3, 0.4) is 0 Å². The molecule has 2 radical (unpaired) electrons. The molecule has 6 heteroatoms. The molecule has 2 aliphatic rings. The second kappa shape index (κ2) is 11.6. The number of fused-ring (bicyclic) bond motifs is 2. The Kier molecular flexibility index (Phi) is 9.81. The molecule has 0 atom stereocenters. The van der Waals surface area contributed by atoms with E-state index in [2.05, 4.69) is 10.6 Å². The van der Waals surface area contributed by atoms with Crippen molar-refractivity contribution in [3.63, 3.8) is 0 Å². The third-order valence-corrected chi connectivity index (χ3v) is 7.48. The van der Waals surface area contributed by atoms with E-state index in [0.29, 0.717) is 22.5 Å².